The first-order valence-corrected chi connectivity index (χ1v) is 8.57. The molecule has 132 valence electrons. The molecular formula is C19H25N5O. The van der Waals surface area contributed by atoms with Gasteiger partial charge in [0.25, 0.3) is 0 Å². The lowest BCUT2D eigenvalue weighted by Crippen LogP contribution is -2.13. The lowest BCUT2D eigenvalue weighted by molar-refractivity contribution is 0.410. The van der Waals surface area contributed by atoms with E-state index in [1.54, 1.807) is 7.11 Å². The predicted molar refractivity (Wildman–Crippen MR) is 99.6 cm³/mol. The van der Waals surface area contributed by atoms with E-state index in [1.807, 2.05) is 24.3 Å². The van der Waals surface area contributed by atoms with Crippen LogP contribution in [0.1, 0.15) is 43.0 Å². The van der Waals surface area contributed by atoms with Gasteiger partial charge in [0.2, 0.25) is 5.95 Å². The molecule has 0 amide bonds. The van der Waals surface area contributed by atoms with Gasteiger partial charge in [-0.1, -0.05) is 31.5 Å². The summed E-state index contributed by atoms with van der Waals surface area (Å²) in [6.07, 6.45) is 3.71. The zero-order chi connectivity index (χ0) is 18.1. The third-order valence-corrected chi connectivity index (χ3v) is 3.97. The van der Waals surface area contributed by atoms with Gasteiger partial charge in [0.05, 0.1) is 18.9 Å². The molecule has 0 bridgehead atoms. The Balaban J connectivity index is 2.41. The van der Waals surface area contributed by atoms with Gasteiger partial charge in [-0.2, -0.15) is 10.2 Å². The Morgan fingerprint density at radius 1 is 1.28 bits per heavy atom. The van der Waals surface area contributed by atoms with Gasteiger partial charge < -0.3 is 15.8 Å². The summed E-state index contributed by atoms with van der Waals surface area (Å²) in [5.41, 5.74) is 8.73. The summed E-state index contributed by atoms with van der Waals surface area (Å²) in [5.74, 6) is 1.81. The quantitative estimate of drug-likeness (QED) is 0.680. The molecule has 6 heteroatoms. The monoisotopic (exact) mass is 339 g/mol. The number of ether oxygens (including phenoxy) is 1. The Bertz CT molecular complexity index is 739. The lowest BCUT2D eigenvalue weighted by Gasteiger charge is -2.16. The number of aromatic nitrogens is 2. The second-order valence-electron chi connectivity index (χ2n) is 5.78. The van der Waals surface area contributed by atoms with Crippen molar-refractivity contribution < 1.29 is 4.74 Å². The topological polar surface area (TPSA) is 96.9 Å². The second kappa shape index (κ2) is 9.48. The van der Waals surface area contributed by atoms with Crippen LogP contribution in [0.5, 0.6) is 5.75 Å². The number of nitrogens with zero attached hydrogens (tertiary/aromatic N) is 3. The SMILES string of the molecule is CCCCNc1nc(N)nc(CCC#N)c1Cc1ccccc1OC. The highest BCUT2D eigenvalue weighted by atomic mass is 16.5. The maximum atomic E-state index is 8.94. The molecule has 0 saturated carbocycles. The first-order chi connectivity index (χ1) is 12.2. The van der Waals surface area contributed by atoms with Crippen molar-refractivity contribution >= 4 is 11.8 Å². The molecule has 0 saturated heterocycles. The van der Waals surface area contributed by atoms with Crippen molar-refractivity contribution in [1.29, 1.82) is 5.26 Å². The number of nitrogen functional groups attached to an aromatic ring is 1. The zero-order valence-corrected chi connectivity index (χ0v) is 14.9. The van der Waals surface area contributed by atoms with E-state index in [0.29, 0.717) is 19.3 Å². The summed E-state index contributed by atoms with van der Waals surface area (Å²) in [4.78, 5) is 8.78. The van der Waals surface area contributed by atoms with Crippen molar-refractivity contribution in [2.24, 2.45) is 0 Å². The molecule has 0 aliphatic rings. The number of unbranched alkanes of at least 4 members (excludes halogenated alkanes) is 1. The smallest absolute Gasteiger partial charge is 0.222 e. The van der Waals surface area contributed by atoms with Gasteiger partial charge in [0.15, 0.2) is 0 Å². The Labute approximate surface area is 149 Å². The Morgan fingerprint density at radius 2 is 2.08 bits per heavy atom. The van der Waals surface area contributed by atoms with E-state index in [-0.39, 0.29) is 5.95 Å². The van der Waals surface area contributed by atoms with Crippen molar-refractivity contribution in [3.05, 3.63) is 41.1 Å². The molecule has 1 aromatic carbocycles. The number of nitrogens with one attached hydrogen (secondary N) is 1. The van der Waals surface area contributed by atoms with Crippen LogP contribution < -0.4 is 15.8 Å². The zero-order valence-electron chi connectivity index (χ0n) is 14.9. The number of nitrogens with two attached hydrogens (primary N) is 1. The number of hydrogen-bond donors (Lipinski definition) is 2. The molecule has 0 aliphatic heterocycles. The van der Waals surface area contributed by atoms with Gasteiger partial charge in [-0.15, -0.1) is 0 Å². The number of rotatable bonds is 9. The Morgan fingerprint density at radius 3 is 2.80 bits per heavy atom. The number of aryl methyl sites for hydroxylation is 1. The van der Waals surface area contributed by atoms with Crippen LogP contribution in [-0.4, -0.2) is 23.6 Å². The summed E-state index contributed by atoms with van der Waals surface area (Å²) in [6, 6.07) is 10.1. The summed E-state index contributed by atoms with van der Waals surface area (Å²) >= 11 is 0. The van der Waals surface area contributed by atoms with Gasteiger partial charge in [-0.3, -0.25) is 0 Å². The van der Waals surface area contributed by atoms with Crippen molar-refractivity contribution in [1.82, 2.24) is 9.97 Å². The summed E-state index contributed by atoms with van der Waals surface area (Å²) < 4.78 is 5.46. The molecule has 1 aromatic heterocycles. The molecule has 2 aromatic rings. The average Bonchev–Trinajstić information content (AvgIpc) is 2.62. The fourth-order valence-electron chi connectivity index (χ4n) is 2.69. The lowest BCUT2D eigenvalue weighted by atomic mass is 10.0. The molecule has 25 heavy (non-hydrogen) atoms. The minimum absolute atomic E-state index is 0.232. The van der Waals surface area contributed by atoms with Crippen LogP contribution in [0.15, 0.2) is 24.3 Å². The Kier molecular flexibility index (Phi) is 7.02. The number of nitriles is 1. The standard InChI is InChI=1S/C19H25N5O/c1-3-4-12-22-18-15(13-14-8-5-6-10-17(14)25-2)16(9-7-11-20)23-19(21)24-18/h5-6,8,10H,3-4,7,9,12-13H2,1-2H3,(H3,21,22,23,24). The van der Waals surface area contributed by atoms with Crippen LogP contribution in [0.25, 0.3) is 0 Å². The maximum absolute atomic E-state index is 8.94. The number of methoxy groups -OCH3 is 1. The van der Waals surface area contributed by atoms with E-state index in [9.17, 15) is 0 Å². The Hall–Kier alpha value is -2.81. The van der Waals surface area contributed by atoms with Crippen LogP contribution in [0, 0.1) is 11.3 Å². The molecule has 0 radical (unpaired) electrons. The van der Waals surface area contributed by atoms with Crippen LogP contribution in [-0.2, 0) is 12.8 Å². The van der Waals surface area contributed by atoms with Crippen molar-refractivity contribution in [3.63, 3.8) is 0 Å². The van der Waals surface area contributed by atoms with Gasteiger partial charge in [0, 0.05) is 31.4 Å². The molecule has 0 fully saturated rings. The highest BCUT2D eigenvalue weighted by Crippen LogP contribution is 2.27. The van der Waals surface area contributed by atoms with Gasteiger partial charge in [-0.25, -0.2) is 4.98 Å². The molecule has 0 atom stereocenters. The highest BCUT2D eigenvalue weighted by Gasteiger charge is 2.16. The van der Waals surface area contributed by atoms with E-state index in [0.717, 1.165) is 47.8 Å². The summed E-state index contributed by atoms with van der Waals surface area (Å²) in [6.45, 7) is 2.97. The number of anilines is 2. The first kappa shape index (κ1) is 18.5. The summed E-state index contributed by atoms with van der Waals surface area (Å²) in [7, 11) is 1.66. The number of benzene rings is 1. The molecular weight excluding hydrogens is 314 g/mol. The summed E-state index contributed by atoms with van der Waals surface area (Å²) in [5, 5.41) is 12.3. The third kappa shape index (κ3) is 5.08. The van der Waals surface area contributed by atoms with Gasteiger partial charge in [-0.05, 0) is 18.1 Å². The van der Waals surface area contributed by atoms with Crippen LogP contribution in [0.4, 0.5) is 11.8 Å². The fourth-order valence-corrected chi connectivity index (χ4v) is 2.69. The fraction of sp³-hybridized carbons (Fsp3) is 0.421. The predicted octanol–water partition coefficient (Wildman–Crippen LogP) is 3.33. The molecule has 2 rings (SSSR count). The van der Waals surface area contributed by atoms with Crippen LogP contribution in [0.3, 0.4) is 0 Å². The van der Waals surface area contributed by atoms with E-state index in [4.69, 9.17) is 15.7 Å². The van der Waals surface area contributed by atoms with E-state index >= 15 is 0 Å². The molecule has 3 N–H and O–H groups in total. The average molecular weight is 339 g/mol. The van der Waals surface area contributed by atoms with Crippen LogP contribution in [0.2, 0.25) is 0 Å². The largest absolute Gasteiger partial charge is 0.496 e. The number of para-hydroxylation sites is 1. The van der Waals surface area contributed by atoms with Crippen LogP contribution >= 0.6 is 0 Å². The third-order valence-electron chi connectivity index (χ3n) is 3.97. The van der Waals surface area contributed by atoms with Gasteiger partial charge in [0.1, 0.15) is 11.6 Å². The van der Waals surface area contributed by atoms with Crippen molar-refractivity contribution in [2.75, 3.05) is 24.7 Å². The number of hydrogen-bond acceptors (Lipinski definition) is 6. The van der Waals surface area contributed by atoms with Crippen molar-refractivity contribution in [3.8, 4) is 11.8 Å². The first-order valence-electron chi connectivity index (χ1n) is 8.57. The van der Waals surface area contributed by atoms with E-state index in [2.05, 4.69) is 28.3 Å². The molecule has 0 aliphatic carbocycles. The minimum Gasteiger partial charge on any atom is -0.496 e. The molecule has 1 heterocycles. The maximum Gasteiger partial charge on any atom is 0.222 e. The molecule has 0 unspecified atom stereocenters. The molecule has 6 nitrogen and oxygen atoms in total. The van der Waals surface area contributed by atoms with Crippen molar-refractivity contribution in [2.45, 2.75) is 39.0 Å². The normalized spacial score (nSPS) is 10.3. The molecule has 0 spiro atoms. The van der Waals surface area contributed by atoms with Gasteiger partial charge >= 0.3 is 0 Å². The van der Waals surface area contributed by atoms with E-state index in [1.165, 1.54) is 0 Å². The second-order valence-corrected chi connectivity index (χ2v) is 5.78. The minimum atomic E-state index is 0.232. The highest BCUT2D eigenvalue weighted by molar-refractivity contribution is 5.53. The van der Waals surface area contributed by atoms with E-state index < -0.39 is 0 Å².